The third-order valence-electron chi connectivity index (χ3n) is 5.38. The Morgan fingerprint density at radius 3 is 2.55 bits per heavy atom. The van der Waals surface area contributed by atoms with Gasteiger partial charge in [-0.15, -0.1) is 5.10 Å². The zero-order chi connectivity index (χ0) is 21.2. The van der Waals surface area contributed by atoms with Gasteiger partial charge in [-0.25, -0.2) is 18.7 Å². The second kappa shape index (κ2) is 8.47. The number of piperazine rings is 1. The van der Waals surface area contributed by atoms with E-state index >= 15 is 0 Å². The van der Waals surface area contributed by atoms with Crippen molar-refractivity contribution in [2.24, 2.45) is 0 Å². The molecule has 1 N–H and O–H groups in total. The van der Waals surface area contributed by atoms with E-state index in [1.807, 2.05) is 4.90 Å². The summed E-state index contributed by atoms with van der Waals surface area (Å²) in [5.74, 6) is 1.50. The molecule has 0 bridgehead atoms. The average molecular weight is 429 g/mol. The highest BCUT2D eigenvalue weighted by atomic mass is 19.3. The lowest BCUT2D eigenvalue weighted by molar-refractivity contribution is -0.0661. The first kappa shape index (κ1) is 19.7. The van der Waals surface area contributed by atoms with Crippen LogP contribution in [0.4, 0.5) is 26.4 Å². The lowest BCUT2D eigenvalue weighted by atomic mass is 10.1. The first-order chi connectivity index (χ1) is 15.2. The maximum absolute atomic E-state index is 13.5. The van der Waals surface area contributed by atoms with Crippen LogP contribution in [0, 0.1) is 0 Å². The number of rotatable bonds is 6. The van der Waals surface area contributed by atoms with E-state index in [0.29, 0.717) is 17.7 Å². The van der Waals surface area contributed by atoms with Gasteiger partial charge in [0.05, 0.1) is 25.5 Å². The minimum Gasteiger partial charge on any atom is -0.378 e. The van der Waals surface area contributed by atoms with Gasteiger partial charge in [-0.2, -0.15) is 9.67 Å². The summed E-state index contributed by atoms with van der Waals surface area (Å²) in [7, 11) is 0. The van der Waals surface area contributed by atoms with E-state index in [1.54, 1.807) is 18.6 Å². The van der Waals surface area contributed by atoms with E-state index in [0.717, 1.165) is 39.4 Å². The van der Waals surface area contributed by atoms with Crippen LogP contribution in [0.25, 0.3) is 5.82 Å². The zero-order valence-electron chi connectivity index (χ0n) is 16.6. The summed E-state index contributed by atoms with van der Waals surface area (Å²) in [5.41, 5.74) is -0.101. The first-order valence-corrected chi connectivity index (χ1v) is 9.98. The Hall–Kier alpha value is -3.25. The monoisotopic (exact) mass is 429 g/mol. The molecule has 0 aromatic carbocycles. The van der Waals surface area contributed by atoms with Crippen molar-refractivity contribution < 1.29 is 13.5 Å². The van der Waals surface area contributed by atoms with Crippen molar-refractivity contribution in [3.63, 3.8) is 0 Å². The molecule has 0 atom stereocenters. The van der Waals surface area contributed by atoms with Crippen molar-refractivity contribution in [3.8, 4) is 5.82 Å². The summed E-state index contributed by atoms with van der Waals surface area (Å²) in [6.45, 7) is 4.66. The number of aromatic nitrogens is 6. The molecule has 2 fully saturated rings. The quantitative estimate of drug-likeness (QED) is 0.627. The molecule has 10 nitrogen and oxygen atoms in total. The van der Waals surface area contributed by atoms with Crippen LogP contribution in [0.5, 0.6) is 0 Å². The summed E-state index contributed by atoms with van der Waals surface area (Å²) < 4.78 is 33.8. The maximum Gasteiger partial charge on any atom is 0.264 e. The van der Waals surface area contributed by atoms with E-state index in [1.165, 1.54) is 23.1 Å². The number of alkyl halides is 2. The highest BCUT2D eigenvalue weighted by Crippen LogP contribution is 2.28. The van der Waals surface area contributed by atoms with Crippen molar-refractivity contribution in [2.75, 3.05) is 49.6 Å². The van der Waals surface area contributed by atoms with Crippen molar-refractivity contribution >= 4 is 17.6 Å². The molecule has 2 aliphatic rings. The molecule has 0 saturated carbocycles. The molecule has 31 heavy (non-hydrogen) atoms. The number of nitrogens with zero attached hydrogens (tertiary/aromatic N) is 8. The average Bonchev–Trinajstić information content (AvgIpc) is 3.22. The van der Waals surface area contributed by atoms with E-state index in [2.05, 4.69) is 35.3 Å². The molecule has 0 unspecified atom stereocenters. The summed E-state index contributed by atoms with van der Waals surface area (Å²) in [5, 5.41) is 7.19. The van der Waals surface area contributed by atoms with Crippen LogP contribution in [0.1, 0.15) is 12.0 Å². The smallest absolute Gasteiger partial charge is 0.264 e. The van der Waals surface area contributed by atoms with Gasteiger partial charge >= 0.3 is 0 Å². The van der Waals surface area contributed by atoms with E-state index < -0.39 is 6.43 Å². The van der Waals surface area contributed by atoms with Gasteiger partial charge in [-0.3, -0.25) is 9.88 Å². The second-order valence-electron chi connectivity index (χ2n) is 7.36. The van der Waals surface area contributed by atoms with Crippen LogP contribution in [-0.4, -0.2) is 80.1 Å². The van der Waals surface area contributed by atoms with Gasteiger partial charge in [0.1, 0.15) is 18.0 Å². The SMILES string of the molecule is FC(F)c1cc(Nc2ncn(-c3cnccn3)n2)nc(N2CCN(C3COC3)CC2)c1. The number of anilines is 3. The Kier molecular flexibility index (Phi) is 5.38. The van der Waals surface area contributed by atoms with Gasteiger partial charge in [0, 0.05) is 44.1 Å². The third-order valence-corrected chi connectivity index (χ3v) is 5.38. The molecule has 2 aliphatic heterocycles. The van der Waals surface area contributed by atoms with Gasteiger partial charge in [0.2, 0.25) is 5.95 Å². The number of nitrogens with one attached hydrogen (secondary N) is 1. The highest BCUT2D eigenvalue weighted by molar-refractivity contribution is 5.55. The number of halogens is 2. The van der Waals surface area contributed by atoms with Gasteiger partial charge in [-0.05, 0) is 12.1 Å². The molecule has 0 radical (unpaired) electrons. The number of pyridine rings is 1. The topological polar surface area (TPSA) is 97.1 Å². The van der Waals surface area contributed by atoms with Gasteiger partial charge in [-0.1, -0.05) is 0 Å². The van der Waals surface area contributed by atoms with Crippen molar-refractivity contribution in [1.82, 2.24) is 34.6 Å². The fourth-order valence-corrected chi connectivity index (χ4v) is 3.59. The first-order valence-electron chi connectivity index (χ1n) is 9.98. The summed E-state index contributed by atoms with van der Waals surface area (Å²) in [6, 6.07) is 3.23. The summed E-state index contributed by atoms with van der Waals surface area (Å²) in [4.78, 5) is 21.2. The van der Waals surface area contributed by atoms with Crippen molar-refractivity contribution in [3.05, 3.63) is 42.6 Å². The molecule has 12 heteroatoms. The molecule has 3 aromatic heterocycles. The third kappa shape index (κ3) is 4.30. The van der Waals surface area contributed by atoms with Crippen molar-refractivity contribution in [2.45, 2.75) is 12.5 Å². The molecule has 162 valence electrons. The maximum atomic E-state index is 13.5. The number of hydrogen-bond acceptors (Lipinski definition) is 9. The molecule has 0 amide bonds. The normalized spacial score (nSPS) is 17.7. The van der Waals surface area contributed by atoms with Crippen LogP contribution in [0.2, 0.25) is 0 Å². The van der Waals surface area contributed by atoms with E-state index in [4.69, 9.17) is 4.74 Å². The Balaban J connectivity index is 1.33. The van der Waals surface area contributed by atoms with E-state index in [9.17, 15) is 8.78 Å². The molecule has 3 aromatic rings. The molecule has 5 heterocycles. The van der Waals surface area contributed by atoms with Gasteiger partial charge < -0.3 is 15.0 Å². The fraction of sp³-hybridized carbons (Fsp3) is 0.421. The number of hydrogen-bond donors (Lipinski definition) is 1. The highest BCUT2D eigenvalue weighted by Gasteiger charge is 2.29. The second-order valence-corrected chi connectivity index (χ2v) is 7.36. The Morgan fingerprint density at radius 1 is 1.03 bits per heavy atom. The molecule has 0 aliphatic carbocycles. The van der Waals surface area contributed by atoms with Crippen LogP contribution in [0.15, 0.2) is 37.1 Å². The lowest BCUT2D eigenvalue weighted by Gasteiger charge is -2.42. The summed E-state index contributed by atoms with van der Waals surface area (Å²) in [6.07, 6.45) is 3.50. The summed E-state index contributed by atoms with van der Waals surface area (Å²) >= 11 is 0. The van der Waals surface area contributed by atoms with Gasteiger partial charge in [0.25, 0.3) is 6.43 Å². The Bertz CT molecular complexity index is 1020. The van der Waals surface area contributed by atoms with E-state index in [-0.39, 0.29) is 17.3 Å². The van der Waals surface area contributed by atoms with Crippen LogP contribution < -0.4 is 10.2 Å². The van der Waals surface area contributed by atoms with Gasteiger partial charge in [0.15, 0.2) is 5.82 Å². The molecule has 5 rings (SSSR count). The Morgan fingerprint density at radius 2 is 1.87 bits per heavy atom. The Labute approximate surface area is 176 Å². The predicted octanol–water partition coefficient (Wildman–Crippen LogP) is 1.65. The molecular weight excluding hydrogens is 408 g/mol. The standard InChI is InChI=1S/C19H21F2N9O/c20-18(21)13-7-15(26-19-24-12-30(27-19)17-9-22-1-2-23-17)25-16(8-13)29-5-3-28(4-6-29)14-10-31-11-14/h1-2,7-9,12,14,18H,3-6,10-11H2,(H,25,26,27). The van der Waals surface area contributed by atoms with Crippen LogP contribution >= 0.6 is 0 Å². The molecule has 2 saturated heterocycles. The fourth-order valence-electron chi connectivity index (χ4n) is 3.59. The molecule has 0 spiro atoms. The lowest BCUT2D eigenvalue weighted by Crippen LogP contribution is -2.56. The predicted molar refractivity (Wildman–Crippen MR) is 108 cm³/mol. The zero-order valence-corrected chi connectivity index (χ0v) is 16.6. The van der Waals surface area contributed by atoms with Crippen LogP contribution in [0.3, 0.4) is 0 Å². The van der Waals surface area contributed by atoms with Crippen molar-refractivity contribution in [1.29, 1.82) is 0 Å². The number of ether oxygens (including phenoxy) is 1. The largest absolute Gasteiger partial charge is 0.378 e. The minimum atomic E-state index is -2.61. The molecular formula is C19H21F2N9O. The minimum absolute atomic E-state index is 0.101. The van der Waals surface area contributed by atoms with Crippen LogP contribution in [-0.2, 0) is 4.74 Å².